The van der Waals surface area contributed by atoms with Crippen LogP contribution in [0, 0.1) is 11.3 Å². The Morgan fingerprint density at radius 1 is 1.11 bits per heavy atom. The van der Waals surface area contributed by atoms with Gasteiger partial charge in [-0.1, -0.05) is 26.2 Å². The number of hydrogen-bond acceptors (Lipinski definition) is 2. The van der Waals surface area contributed by atoms with Gasteiger partial charge in [-0.05, 0) is 64.0 Å². The summed E-state index contributed by atoms with van der Waals surface area (Å²) in [5.74, 6) is 1.02. The highest BCUT2D eigenvalue weighted by molar-refractivity contribution is 4.90. The summed E-state index contributed by atoms with van der Waals surface area (Å²) in [6.45, 7) is 4.88. The van der Waals surface area contributed by atoms with E-state index < -0.39 is 0 Å². The molecule has 2 aliphatic rings. The quantitative estimate of drug-likeness (QED) is 0.789. The van der Waals surface area contributed by atoms with E-state index in [2.05, 4.69) is 31.2 Å². The zero-order chi connectivity index (χ0) is 13.7. The van der Waals surface area contributed by atoms with Gasteiger partial charge in [0.25, 0.3) is 0 Å². The molecular weight excluding hydrogens is 232 g/mol. The number of nitrogens with one attached hydrogen (secondary N) is 1. The molecule has 19 heavy (non-hydrogen) atoms. The summed E-state index contributed by atoms with van der Waals surface area (Å²) >= 11 is 0. The number of rotatable bonds is 6. The highest BCUT2D eigenvalue weighted by Crippen LogP contribution is 2.39. The van der Waals surface area contributed by atoms with E-state index in [9.17, 15) is 0 Å². The molecule has 2 heteroatoms. The molecule has 0 saturated heterocycles. The predicted octanol–water partition coefficient (Wildman–Crippen LogP) is 3.67. The van der Waals surface area contributed by atoms with Gasteiger partial charge in [-0.3, -0.25) is 0 Å². The van der Waals surface area contributed by atoms with Crippen molar-refractivity contribution in [1.29, 1.82) is 0 Å². The lowest BCUT2D eigenvalue weighted by Crippen LogP contribution is -2.45. The maximum Gasteiger partial charge on any atom is 0.00926 e. The Morgan fingerprint density at radius 3 is 2.26 bits per heavy atom. The van der Waals surface area contributed by atoms with Gasteiger partial charge >= 0.3 is 0 Å². The van der Waals surface area contributed by atoms with Crippen molar-refractivity contribution in [2.75, 3.05) is 27.2 Å². The van der Waals surface area contributed by atoms with Crippen LogP contribution in [-0.2, 0) is 0 Å². The largest absolute Gasteiger partial charge is 0.319 e. The first-order chi connectivity index (χ1) is 9.19. The lowest BCUT2D eigenvalue weighted by Gasteiger charge is -2.40. The van der Waals surface area contributed by atoms with Crippen LogP contribution in [-0.4, -0.2) is 38.1 Å². The third-order valence-electron chi connectivity index (χ3n) is 5.82. The Morgan fingerprint density at radius 2 is 1.74 bits per heavy atom. The topological polar surface area (TPSA) is 15.3 Å². The van der Waals surface area contributed by atoms with Crippen LogP contribution in [0.5, 0.6) is 0 Å². The highest BCUT2D eigenvalue weighted by Gasteiger charge is 2.36. The molecule has 0 aromatic rings. The standard InChI is InChI=1S/C17H34N2/c1-4-15-7-9-16(10-8-15)19(3)14-17(13-18-2)11-5-6-12-17/h15-16,18H,4-14H2,1-3H3. The van der Waals surface area contributed by atoms with Crippen LogP contribution in [0.1, 0.15) is 64.7 Å². The van der Waals surface area contributed by atoms with Crippen molar-refractivity contribution in [2.45, 2.75) is 70.8 Å². The fraction of sp³-hybridized carbons (Fsp3) is 1.00. The van der Waals surface area contributed by atoms with Crippen molar-refractivity contribution in [2.24, 2.45) is 11.3 Å². The second-order valence-electron chi connectivity index (χ2n) is 7.24. The Balaban J connectivity index is 1.84. The van der Waals surface area contributed by atoms with Gasteiger partial charge in [-0.25, -0.2) is 0 Å². The molecule has 2 nitrogen and oxygen atoms in total. The van der Waals surface area contributed by atoms with Gasteiger partial charge in [-0.15, -0.1) is 0 Å². The van der Waals surface area contributed by atoms with E-state index in [0.717, 1.165) is 12.0 Å². The molecule has 0 amide bonds. The van der Waals surface area contributed by atoms with E-state index in [1.807, 2.05) is 0 Å². The summed E-state index contributed by atoms with van der Waals surface area (Å²) in [6, 6.07) is 0.858. The van der Waals surface area contributed by atoms with Crippen LogP contribution in [0.25, 0.3) is 0 Å². The fourth-order valence-corrected chi connectivity index (χ4v) is 4.54. The molecule has 2 saturated carbocycles. The van der Waals surface area contributed by atoms with Crippen LogP contribution in [0.2, 0.25) is 0 Å². The van der Waals surface area contributed by atoms with Gasteiger partial charge in [0.05, 0.1) is 0 Å². The van der Waals surface area contributed by atoms with E-state index in [-0.39, 0.29) is 0 Å². The second kappa shape index (κ2) is 7.08. The van der Waals surface area contributed by atoms with Crippen molar-refractivity contribution < 1.29 is 0 Å². The molecule has 2 fully saturated rings. The molecule has 2 aliphatic carbocycles. The van der Waals surface area contributed by atoms with Crippen LogP contribution in [0.15, 0.2) is 0 Å². The summed E-state index contributed by atoms with van der Waals surface area (Å²) in [5, 5.41) is 3.45. The molecule has 0 heterocycles. The molecule has 0 radical (unpaired) electrons. The Hall–Kier alpha value is -0.0800. The van der Waals surface area contributed by atoms with Gasteiger partial charge < -0.3 is 10.2 Å². The molecule has 2 rings (SSSR count). The Bertz CT molecular complexity index is 250. The maximum absolute atomic E-state index is 3.45. The van der Waals surface area contributed by atoms with E-state index in [1.165, 1.54) is 70.9 Å². The molecule has 0 unspecified atom stereocenters. The van der Waals surface area contributed by atoms with Gasteiger partial charge in [0.1, 0.15) is 0 Å². The van der Waals surface area contributed by atoms with Crippen LogP contribution in [0.4, 0.5) is 0 Å². The second-order valence-corrected chi connectivity index (χ2v) is 7.24. The van der Waals surface area contributed by atoms with E-state index in [1.54, 1.807) is 0 Å². The minimum atomic E-state index is 0.575. The van der Waals surface area contributed by atoms with Crippen LogP contribution < -0.4 is 5.32 Å². The Labute approximate surface area is 120 Å². The summed E-state index contributed by atoms with van der Waals surface area (Å²) in [4.78, 5) is 2.70. The third-order valence-corrected chi connectivity index (χ3v) is 5.82. The SMILES string of the molecule is CCC1CCC(N(C)CC2(CNC)CCCC2)CC1. The zero-order valence-corrected chi connectivity index (χ0v) is 13.4. The molecular formula is C17H34N2. The fourth-order valence-electron chi connectivity index (χ4n) is 4.54. The molecule has 0 bridgehead atoms. The normalized spacial score (nSPS) is 30.9. The lowest BCUT2D eigenvalue weighted by molar-refractivity contribution is 0.103. The van der Waals surface area contributed by atoms with Gasteiger partial charge in [0.15, 0.2) is 0 Å². The molecule has 0 atom stereocenters. The van der Waals surface area contributed by atoms with Crippen molar-refractivity contribution in [3.63, 3.8) is 0 Å². The van der Waals surface area contributed by atoms with Crippen molar-refractivity contribution in [3.8, 4) is 0 Å². The predicted molar refractivity (Wildman–Crippen MR) is 83.5 cm³/mol. The summed E-state index contributed by atoms with van der Waals surface area (Å²) in [6.07, 6.45) is 12.9. The monoisotopic (exact) mass is 266 g/mol. The van der Waals surface area contributed by atoms with Crippen molar-refractivity contribution in [1.82, 2.24) is 10.2 Å². The first kappa shape index (κ1) is 15.3. The average molecular weight is 266 g/mol. The van der Waals surface area contributed by atoms with Crippen molar-refractivity contribution >= 4 is 0 Å². The molecule has 112 valence electrons. The number of hydrogen-bond donors (Lipinski definition) is 1. The summed E-state index contributed by atoms with van der Waals surface area (Å²) in [7, 11) is 4.50. The van der Waals surface area contributed by atoms with Crippen LogP contribution in [0.3, 0.4) is 0 Å². The Kier molecular flexibility index (Phi) is 5.70. The van der Waals surface area contributed by atoms with Gasteiger partial charge in [0.2, 0.25) is 0 Å². The minimum Gasteiger partial charge on any atom is -0.319 e. The summed E-state index contributed by atoms with van der Waals surface area (Å²) < 4.78 is 0. The molecule has 0 aromatic carbocycles. The molecule has 0 aromatic heterocycles. The zero-order valence-electron chi connectivity index (χ0n) is 13.4. The third kappa shape index (κ3) is 3.95. The highest BCUT2D eigenvalue weighted by atomic mass is 15.1. The van der Waals surface area contributed by atoms with Crippen LogP contribution >= 0.6 is 0 Å². The van der Waals surface area contributed by atoms with Crippen molar-refractivity contribution in [3.05, 3.63) is 0 Å². The molecule has 0 spiro atoms. The van der Waals surface area contributed by atoms with Gasteiger partial charge in [-0.2, -0.15) is 0 Å². The van der Waals surface area contributed by atoms with E-state index in [4.69, 9.17) is 0 Å². The lowest BCUT2D eigenvalue weighted by atomic mass is 9.81. The molecule has 0 aliphatic heterocycles. The van der Waals surface area contributed by atoms with E-state index in [0.29, 0.717) is 5.41 Å². The smallest absolute Gasteiger partial charge is 0.00926 e. The minimum absolute atomic E-state index is 0.575. The number of nitrogens with zero attached hydrogens (tertiary/aromatic N) is 1. The average Bonchev–Trinajstić information content (AvgIpc) is 2.87. The van der Waals surface area contributed by atoms with Gasteiger partial charge in [0, 0.05) is 19.1 Å². The first-order valence-corrected chi connectivity index (χ1v) is 8.54. The van der Waals surface area contributed by atoms with E-state index >= 15 is 0 Å². The molecule has 1 N–H and O–H groups in total. The maximum atomic E-state index is 3.45. The summed E-state index contributed by atoms with van der Waals surface area (Å²) in [5.41, 5.74) is 0.575. The first-order valence-electron chi connectivity index (χ1n) is 8.54.